The second-order valence-corrected chi connectivity index (χ2v) is 5.46. The fraction of sp³-hybridized carbons (Fsp3) is 0.278. The van der Waals surface area contributed by atoms with Crippen molar-refractivity contribution in [2.75, 3.05) is 14.2 Å². The van der Waals surface area contributed by atoms with Gasteiger partial charge in [-0.15, -0.1) is 0 Å². The van der Waals surface area contributed by atoms with E-state index >= 15 is 0 Å². The standard InChI is InChI=1S/C18H17FO3/c1-10-8-15(21-2)18(22-3)14-9-13(17(20)16(10)14)11-4-6-12(19)7-5-11/h4-8,13H,9H2,1-3H3. The molecule has 114 valence electrons. The maximum Gasteiger partial charge on any atom is 0.171 e. The van der Waals surface area contributed by atoms with Gasteiger partial charge in [-0.3, -0.25) is 4.79 Å². The molecule has 3 rings (SSSR count). The van der Waals surface area contributed by atoms with E-state index in [0.29, 0.717) is 23.5 Å². The summed E-state index contributed by atoms with van der Waals surface area (Å²) in [6.45, 7) is 1.89. The van der Waals surface area contributed by atoms with Gasteiger partial charge in [-0.2, -0.15) is 0 Å². The second kappa shape index (κ2) is 5.44. The number of benzene rings is 2. The van der Waals surface area contributed by atoms with Gasteiger partial charge in [0.2, 0.25) is 0 Å². The molecule has 0 aromatic heterocycles. The van der Waals surface area contributed by atoms with Crippen LogP contribution < -0.4 is 9.47 Å². The Balaban J connectivity index is 2.10. The lowest BCUT2D eigenvalue weighted by Gasteiger charge is -2.13. The van der Waals surface area contributed by atoms with E-state index in [2.05, 4.69) is 0 Å². The van der Waals surface area contributed by atoms with Crippen LogP contribution in [0.4, 0.5) is 4.39 Å². The molecule has 0 radical (unpaired) electrons. The van der Waals surface area contributed by atoms with Crippen molar-refractivity contribution in [3.8, 4) is 11.5 Å². The highest BCUT2D eigenvalue weighted by Gasteiger charge is 2.36. The summed E-state index contributed by atoms with van der Waals surface area (Å²) in [7, 11) is 3.15. The molecule has 4 heteroatoms. The van der Waals surface area contributed by atoms with E-state index in [9.17, 15) is 9.18 Å². The molecule has 0 aliphatic heterocycles. The summed E-state index contributed by atoms with van der Waals surface area (Å²) in [4.78, 5) is 12.8. The average molecular weight is 300 g/mol. The first-order valence-electron chi connectivity index (χ1n) is 7.11. The fourth-order valence-corrected chi connectivity index (χ4v) is 3.18. The highest BCUT2D eigenvalue weighted by atomic mass is 19.1. The summed E-state index contributed by atoms with van der Waals surface area (Å²) in [5.41, 5.74) is 3.27. The third-order valence-corrected chi connectivity index (χ3v) is 4.21. The van der Waals surface area contributed by atoms with Gasteiger partial charge in [-0.25, -0.2) is 4.39 Å². The van der Waals surface area contributed by atoms with E-state index in [1.54, 1.807) is 26.4 Å². The molecule has 1 unspecified atom stereocenters. The molecule has 0 heterocycles. The molecule has 0 saturated carbocycles. The average Bonchev–Trinajstić information content (AvgIpc) is 2.86. The summed E-state index contributed by atoms with van der Waals surface area (Å²) in [6, 6.07) is 7.93. The molecule has 2 aromatic rings. The quantitative estimate of drug-likeness (QED) is 0.867. The summed E-state index contributed by atoms with van der Waals surface area (Å²) in [5, 5.41) is 0. The van der Waals surface area contributed by atoms with Gasteiger partial charge in [0.1, 0.15) is 5.82 Å². The van der Waals surface area contributed by atoms with E-state index in [4.69, 9.17) is 9.47 Å². The number of carbonyl (C=O) groups excluding carboxylic acids is 1. The topological polar surface area (TPSA) is 35.5 Å². The Labute approximate surface area is 128 Å². The van der Waals surface area contributed by atoms with E-state index in [1.807, 2.05) is 13.0 Å². The number of aryl methyl sites for hydroxylation is 1. The predicted octanol–water partition coefficient (Wildman–Crippen LogP) is 3.67. The summed E-state index contributed by atoms with van der Waals surface area (Å²) in [6.07, 6.45) is 0.543. The van der Waals surface area contributed by atoms with Gasteiger partial charge in [0.15, 0.2) is 17.3 Å². The summed E-state index contributed by atoms with van der Waals surface area (Å²) in [5.74, 6) is 0.699. The van der Waals surface area contributed by atoms with Gasteiger partial charge in [-0.05, 0) is 42.7 Å². The van der Waals surface area contributed by atoms with Gasteiger partial charge in [-0.1, -0.05) is 12.1 Å². The van der Waals surface area contributed by atoms with Gasteiger partial charge in [0.25, 0.3) is 0 Å². The Morgan fingerprint density at radius 3 is 2.41 bits per heavy atom. The molecule has 0 N–H and O–H groups in total. The minimum Gasteiger partial charge on any atom is -0.493 e. The van der Waals surface area contributed by atoms with Crippen LogP contribution in [0.3, 0.4) is 0 Å². The molecular weight excluding hydrogens is 283 g/mol. The van der Waals surface area contributed by atoms with Crippen LogP contribution in [0.5, 0.6) is 11.5 Å². The third-order valence-electron chi connectivity index (χ3n) is 4.21. The monoisotopic (exact) mass is 300 g/mol. The predicted molar refractivity (Wildman–Crippen MR) is 81.5 cm³/mol. The number of Topliss-reactive ketones (excluding diaryl/α,β-unsaturated/α-hetero) is 1. The molecule has 0 amide bonds. The first-order chi connectivity index (χ1) is 10.6. The molecule has 1 aliphatic rings. The largest absolute Gasteiger partial charge is 0.493 e. The number of rotatable bonds is 3. The van der Waals surface area contributed by atoms with Crippen molar-refractivity contribution >= 4 is 5.78 Å². The first-order valence-corrected chi connectivity index (χ1v) is 7.11. The van der Waals surface area contributed by atoms with Gasteiger partial charge in [0, 0.05) is 11.1 Å². The van der Waals surface area contributed by atoms with Crippen molar-refractivity contribution in [1.82, 2.24) is 0 Å². The number of hydrogen-bond acceptors (Lipinski definition) is 3. The van der Waals surface area contributed by atoms with Crippen LogP contribution in [0.25, 0.3) is 0 Å². The molecule has 0 bridgehead atoms. The number of ketones is 1. The molecule has 1 atom stereocenters. The lowest BCUT2D eigenvalue weighted by Crippen LogP contribution is -2.07. The molecule has 0 fully saturated rings. The van der Waals surface area contributed by atoms with Crippen molar-refractivity contribution in [1.29, 1.82) is 0 Å². The lowest BCUT2D eigenvalue weighted by atomic mass is 9.95. The Kier molecular flexibility index (Phi) is 3.61. The zero-order chi connectivity index (χ0) is 15.9. The normalized spacial score (nSPS) is 16.5. The molecule has 0 saturated heterocycles. The number of methoxy groups -OCH3 is 2. The van der Waals surface area contributed by atoms with Gasteiger partial charge in [0.05, 0.1) is 20.1 Å². The number of fused-ring (bicyclic) bond motifs is 1. The van der Waals surface area contributed by atoms with Crippen LogP contribution >= 0.6 is 0 Å². The van der Waals surface area contributed by atoms with Crippen LogP contribution in [0.2, 0.25) is 0 Å². The molecule has 3 nitrogen and oxygen atoms in total. The van der Waals surface area contributed by atoms with Gasteiger partial charge >= 0.3 is 0 Å². The zero-order valence-electron chi connectivity index (χ0n) is 12.8. The van der Waals surface area contributed by atoms with E-state index < -0.39 is 0 Å². The SMILES string of the molecule is COc1cc(C)c2c(c1OC)CC(c1ccc(F)cc1)C2=O. The van der Waals surface area contributed by atoms with Crippen molar-refractivity contribution in [3.63, 3.8) is 0 Å². The van der Waals surface area contributed by atoms with Crippen molar-refractivity contribution < 1.29 is 18.7 Å². The zero-order valence-corrected chi connectivity index (χ0v) is 12.8. The van der Waals surface area contributed by atoms with E-state index in [0.717, 1.165) is 16.7 Å². The van der Waals surface area contributed by atoms with Crippen molar-refractivity contribution in [2.45, 2.75) is 19.3 Å². The van der Waals surface area contributed by atoms with Crippen molar-refractivity contribution in [3.05, 3.63) is 58.4 Å². The Bertz CT molecular complexity index is 735. The van der Waals surface area contributed by atoms with Crippen LogP contribution in [-0.4, -0.2) is 20.0 Å². The minimum absolute atomic E-state index is 0.0556. The van der Waals surface area contributed by atoms with Crippen LogP contribution in [0.15, 0.2) is 30.3 Å². The maximum atomic E-state index is 13.1. The highest BCUT2D eigenvalue weighted by Crippen LogP contribution is 2.44. The van der Waals surface area contributed by atoms with Crippen molar-refractivity contribution in [2.24, 2.45) is 0 Å². The number of carbonyl (C=O) groups is 1. The van der Waals surface area contributed by atoms with Gasteiger partial charge < -0.3 is 9.47 Å². The molecule has 0 spiro atoms. The van der Waals surface area contributed by atoms with Crippen LogP contribution in [0, 0.1) is 12.7 Å². The Morgan fingerprint density at radius 1 is 1.14 bits per heavy atom. The van der Waals surface area contributed by atoms with E-state index in [1.165, 1.54) is 12.1 Å². The molecule has 1 aliphatic carbocycles. The second-order valence-electron chi connectivity index (χ2n) is 5.46. The molecule has 2 aromatic carbocycles. The summed E-state index contributed by atoms with van der Waals surface area (Å²) < 4.78 is 23.9. The molecule has 22 heavy (non-hydrogen) atoms. The number of hydrogen-bond donors (Lipinski definition) is 0. The number of halogens is 1. The molecular formula is C18H17FO3. The maximum absolute atomic E-state index is 13.1. The Hall–Kier alpha value is -2.36. The van der Waals surface area contributed by atoms with Crippen LogP contribution in [-0.2, 0) is 6.42 Å². The minimum atomic E-state index is -0.304. The highest BCUT2D eigenvalue weighted by molar-refractivity contribution is 6.07. The smallest absolute Gasteiger partial charge is 0.171 e. The van der Waals surface area contributed by atoms with Crippen LogP contribution in [0.1, 0.15) is 33.0 Å². The third kappa shape index (κ3) is 2.15. The van der Waals surface area contributed by atoms with E-state index in [-0.39, 0.29) is 17.5 Å². The number of ether oxygens (including phenoxy) is 2. The lowest BCUT2D eigenvalue weighted by molar-refractivity contribution is 0.0972. The fourth-order valence-electron chi connectivity index (χ4n) is 3.18. The Morgan fingerprint density at radius 2 is 1.82 bits per heavy atom. The summed E-state index contributed by atoms with van der Waals surface area (Å²) >= 11 is 0. The first kappa shape index (κ1) is 14.6.